The van der Waals surface area contributed by atoms with E-state index < -0.39 is 0 Å². The lowest BCUT2D eigenvalue weighted by Crippen LogP contribution is -2.44. The third-order valence-electron chi connectivity index (χ3n) is 5.25. The highest BCUT2D eigenvalue weighted by Crippen LogP contribution is 2.19. The molecule has 32 heavy (non-hydrogen) atoms. The summed E-state index contributed by atoms with van der Waals surface area (Å²) in [5.74, 6) is 0.876. The van der Waals surface area contributed by atoms with Crippen molar-refractivity contribution in [3.63, 3.8) is 0 Å². The molecule has 1 aliphatic heterocycles. The van der Waals surface area contributed by atoms with E-state index in [1.165, 1.54) is 11.3 Å². The molecule has 2 N–H and O–H groups in total. The van der Waals surface area contributed by atoms with Gasteiger partial charge in [0.05, 0.1) is 26.4 Å². The van der Waals surface area contributed by atoms with E-state index in [0.29, 0.717) is 32.4 Å². The Morgan fingerprint density at radius 1 is 1.03 bits per heavy atom. The highest BCUT2D eigenvalue weighted by atomic mass is 127. The van der Waals surface area contributed by atoms with E-state index >= 15 is 0 Å². The third kappa shape index (κ3) is 8.96. The minimum absolute atomic E-state index is 0. The summed E-state index contributed by atoms with van der Waals surface area (Å²) in [6.45, 7) is 10.2. The quantitative estimate of drug-likeness (QED) is 0.190. The molecule has 0 aromatic heterocycles. The zero-order chi connectivity index (χ0) is 21.7. The number of aliphatic imine (C=N–C) groups is 1. The normalized spacial score (nSPS) is 16.0. The number of rotatable bonds is 11. The maximum Gasteiger partial charge on any atom is 0.191 e. The number of benzene rings is 2. The van der Waals surface area contributed by atoms with E-state index in [1.54, 1.807) is 0 Å². The molecule has 0 aliphatic carbocycles. The molecule has 6 nitrogen and oxygen atoms in total. The monoisotopic (exact) mass is 552 g/mol. The highest BCUT2D eigenvalue weighted by molar-refractivity contribution is 14.0. The van der Waals surface area contributed by atoms with Gasteiger partial charge in [0.15, 0.2) is 5.96 Å². The van der Waals surface area contributed by atoms with Gasteiger partial charge < -0.3 is 25.0 Å². The van der Waals surface area contributed by atoms with Crippen LogP contribution >= 0.6 is 24.0 Å². The maximum absolute atomic E-state index is 5.69. The first kappa shape index (κ1) is 26.4. The number of guanidine groups is 1. The van der Waals surface area contributed by atoms with Gasteiger partial charge in [-0.05, 0) is 43.5 Å². The van der Waals surface area contributed by atoms with E-state index in [2.05, 4.69) is 77.1 Å². The molecule has 1 heterocycles. The van der Waals surface area contributed by atoms with Crippen LogP contribution in [0.1, 0.15) is 31.4 Å². The summed E-state index contributed by atoms with van der Waals surface area (Å²) in [4.78, 5) is 7.25. The molecule has 1 fully saturated rings. The fraction of sp³-hybridized carbons (Fsp3) is 0.480. The van der Waals surface area contributed by atoms with Crippen LogP contribution in [0.15, 0.2) is 59.6 Å². The van der Waals surface area contributed by atoms with Gasteiger partial charge in [0, 0.05) is 38.0 Å². The van der Waals surface area contributed by atoms with Crippen molar-refractivity contribution in [2.24, 2.45) is 4.99 Å². The van der Waals surface area contributed by atoms with Gasteiger partial charge in [0.1, 0.15) is 0 Å². The average Bonchev–Trinajstić information content (AvgIpc) is 3.27. The Bertz CT molecular complexity index is 804. The van der Waals surface area contributed by atoms with Crippen LogP contribution in [-0.2, 0) is 22.6 Å². The second kappa shape index (κ2) is 15.1. The minimum atomic E-state index is 0. The predicted molar refractivity (Wildman–Crippen MR) is 143 cm³/mol. The number of ether oxygens (including phenoxy) is 2. The Balaban J connectivity index is 0.00000363. The molecule has 1 atom stereocenters. The van der Waals surface area contributed by atoms with Gasteiger partial charge in [-0.15, -0.1) is 24.0 Å². The molecule has 1 saturated heterocycles. The van der Waals surface area contributed by atoms with Crippen LogP contribution in [0.3, 0.4) is 0 Å². The lowest BCUT2D eigenvalue weighted by Gasteiger charge is -2.20. The van der Waals surface area contributed by atoms with E-state index in [4.69, 9.17) is 14.5 Å². The summed E-state index contributed by atoms with van der Waals surface area (Å²) in [6.07, 6.45) is 1.11. The van der Waals surface area contributed by atoms with Crippen molar-refractivity contribution in [1.29, 1.82) is 0 Å². The number of hydrogen-bond donors (Lipinski definition) is 2. The van der Waals surface area contributed by atoms with Crippen LogP contribution < -0.4 is 15.5 Å². The summed E-state index contributed by atoms with van der Waals surface area (Å²) in [5.41, 5.74) is 3.63. The van der Waals surface area contributed by atoms with E-state index in [1.807, 2.05) is 6.92 Å². The zero-order valence-corrected chi connectivity index (χ0v) is 21.6. The number of nitrogens with zero attached hydrogens (tertiary/aromatic N) is 2. The van der Waals surface area contributed by atoms with Gasteiger partial charge in [0.25, 0.3) is 0 Å². The van der Waals surface area contributed by atoms with Crippen LogP contribution in [0.5, 0.6) is 0 Å². The molecule has 0 saturated carbocycles. The van der Waals surface area contributed by atoms with Crippen molar-refractivity contribution in [2.75, 3.05) is 44.4 Å². The Kier molecular flexibility index (Phi) is 12.4. The molecule has 0 amide bonds. The number of hydrogen-bond acceptors (Lipinski definition) is 4. The van der Waals surface area contributed by atoms with Crippen molar-refractivity contribution < 1.29 is 9.47 Å². The number of nitrogens with one attached hydrogen (secondary N) is 2. The summed E-state index contributed by atoms with van der Waals surface area (Å²) in [5, 5.41) is 7.00. The van der Waals surface area contributed by atoms with Crippen LogP contribution in [-0.4, -0.2) is 51.5 Å². The molecule has 176 valence electrons. The first-order valence-electron chi connectivity index (χ1n) is 11.4. The van der Waals surface area contributed by atoms with Gasteiger partial charge >= 0.3 is 0 Å². The standard InChI is InChI=1S/C25H36N4O2.HI/c1-3-26-25(28-23-13-14-29(19-23)24-11-6-5-7-12-24)27-18-21-9-8-10-22(17-21)20-31-16-15-30-4-2;/h5-12,17,23H,3-4,13-16,18-20H2,1-2H3,(H2,26,27,28);1H. The molecule has 2 aromatic rings. The third-order valence-corrected chi connectivity index (χ3v) is 5.25. The van der Waals surface area contributed by atoms with Gasteiger partial charge in [-0.1, -0.05) is 42.5 Å². The Morgan fingerprint density at radius 3 is 2.59 bits per heavy atom. The van der Waals surface area contributed by atoms with E-state index in [0.717, 1.165) is 44.2 Å². The average molecular weight is 553 g/mol. The molecular weight excluding hydrogens is 515 g/mol. The number of anilines is 1. The van der Waals surface area contributed by atoms with Crippen LogP contribution in [0, 0.1) is 0 Å². The Morgan fingerprint density at radius 2 is 1.81 bits per heavy atom. The molecule has 0 spiro atoms. The summed E-state index contributed by atoms with van der Waals surface area (Å²) >= 11 is 0. The molecular formula is C25H37IN4O2. The summed E-state index contributed by atoms with van der Waals surface area (Å²) in [7, 11) is 0. The minimum Gasteiger partial charge on any atom is -0.379 e. The van der Waals surface area contributed by atoms with Crippen LogP contribution in [0.2, 0.25) is 0 Å². The smallest absolute Gasteiger partial charge is 0.191 e. The number of para-hydroxylation sites is 1. The van der Waals surface area contributed by atoms with Crippen molar-refractivity contribution in [1.82, 2.24) is 10.6 Å². The van der Waals surface area contributed by atoms with E-state index in [-0.39, 0.29) is 24.0 Å². The molecule has 2 aromatic carbocycles. The lowest BCUT2D eigenvalue weighted by molar-refractivity contribution is 0.0453. The van der Waals surface area contributed by atoms with Gasteiger partial charge in [-0.3, -0.25) is 0 Å². The van der Waals surface area contributed by atoms with Gasteiger partial charge in [-0.2, -0.15) is 0 Å². The molecule has 0 bridgehead atoms. The fourth-order valence-corrected chi connectivity index (χ4v) is 3.71. The van der Waals surface area contributed by atoms with Crippen molar-refractivity contribution in [2.45, 2.75) is 39.5 Å². The Labute approximate surface area is 209 Å². The van der Waals surface area contributed by atoms with Gasteiger partial charge in [-0.25, -0.2) is 4.99 Å². The molecule has 3 rings (SSSR count). The second-order valence-corrected chi connectivity index (χ2v) is 7.68. The first-order valence-corrected chi connectivity index (χ1v) is 11.4. The predicted octanol–water partition coefficient (Wildman–Crippen LogP) is 4.19. The van der Waals surface area contributed by atoms with Crippen molar-refractivity contribution in [3.05, 3.63) is 65.7 Å². The first-order chi connectivity index (χ1) is 15.3. The summed E-state index contributed by atoms with van der Waals surface area (Å²) < 4.78 is 11.0. The van der Waals surface area contributed by atoms with Crippen LogP contribution in [0.25, 0.3) is 0 Å². The highest BCUT2D eigenvalue weighted by Gasteiger charge is 2.23. The van der Waals surface area contributed by atoms with Crippen molar-refractivity contribution >= 4 is 35.6 Å². The fourth-order valence-electron chi connectivity index (χ4n) is 3.71. The van der Waals surface area contributed by atoms with Gasteiger partial charge in [0.2, 0.25) is 0 Å². The summed E-state index contributed by atoms with van der Waals surface area (Å²) in [6, 6.07) is 19.4. The molecule has 1 aliphatic rings. The Hall–Kier alpha value is -1.84. The number of halogens is 1. The largest absolute Gasteiger partial charge is 0.379 e. The zero-order valence-electron chi connectivity index (χ0n) is 19.3. The maximum atomic E-state index is 5.69. The van der Waals surface area contributed by atoms with Crippen LogP contribution in [0.4, 0.5) is 5.69 Å². The van der Waals surface area contributed by atoms with E-state index in [9.17, 15) is 0 Å². The molecule has 0 radical (unpaired) electrons. The molecule has 1 unspecified atom stereocenters. The van der Waals surface area contributed by atoms with Crippen molar-refractivity contribution in [3.8, 4) is 0 Å². The molecule has 7 heteroatoms. The lowest BCUT2D eigenvalue weighted by atomic mass is 10.1. The second-order valence-electron chi connectivity index (χ2n) is 7.68. The topological polar surface area (TPSA) is 58.1 Å². The SMILES string of the molecule is CCNC(=NCc1cccc(COCCOCC)c1)NC1CCN(c2ccccc2)C1.I.